The number of hydrogen-bond donors (Lipinski definition) is 1. The van der Waals surface area contributed by atoms with Crippen molar-refractivity contribution in [3.05, 3.63) is 12.2 Å². The maximum absolute atomic E-state index is 11.9. The summed E-state index contributed by atoms with van der Waals surface area (Å²) in [6.07, 6.45) is 2.37. The highest BCUT2D eigenvalue weighted by molar-refractivity contribution is 6.33. The van der Waals surface area contributed by atoms with Gasteiger partial charge in [-0.15, -0.1) is 0 Å². The number of nitrogens with zero attached hydrogens (tertiary/aromatic N) is 2. The predicted octanol–water partition coefficient (Wildman–Crippen LogP) is 1.24. The average Bonchev–Trinajstić information content (AvgIpc) is 2.68. The van der Waals surface area contributed by atoms with Crippen molar-refractivity contribution in [3.63, 3.8) is 0 Å². The second-order valence-corrected chi connectivity index (χ2v) is 13.2. The van der Waals surface area contributed by atoms with E-state index in [1.807, 2.05) is 18.9 Å². The molecule has 164 valence electrons. The van der Waals surface area contributed by atoms with E-state index in [0.29, 0.717) is 5.57 Å². The van der Waals surface area contributed by atoms with Crippen molar-refractivity contribution in [2.75, 3.05) is 33.2 Å². The van der Waals surface area contributed by atoms with Crippen molar-refractivity contribution in [2.45, 2.75) is 71.9 Å². The Morgan fingerprint density at radius 3 is 1.56 bits per heavy atom. The van der Waals surface area contributed by atoms with Crippen LogP contribution in [0.4, 0.5) is 0 Å². The van der Waals surface area contributed by atoms with Crippen molar-refractivity contribution in [1.29, 1.82) is 0 Å². The second kappa shape index (κ2) is 26.0. The summed E-state index contributed by atoms with van der Waals surface area (Å²) in [5, 5.41) is 0. The van der Waals surface area contributed by atoms with Gasteiger partial charge in [-0.1, -0.05) is 58.7 Å². The molecule has 0 aromatic carbocycles. The lowest BCUT2D eigenvalue weighted by molar-refractivity contribution is -0.127. The van der Waals surface area contributed by atoms with E-state index in [9.17, 15) is 4.79 Å². The van der Waals surface area contributed by atoms with Crippen LogP contribution in [0.1, 0.15) is 33.6 Å². The molecule has 0 saturated carbocycles. The molecule has 0 spiro atoms. The zero-order chi connectivity index (χ0) is 21.5. The summed E-state index contributed by atoms with van der Waals surface area (Å²) >= 11 is 0. The van der Waals surface area contributed by atoms with Crippen LogP contribution >= 0.6 is 0 Å². The molecule has 8 heteroatoms. The standard InChI is InChI=1S/C12H27NOSi2.C5H15NSi.C2H9NSi/c1-11(2)12(14)13(7-5-9-15-3)8-6-10-16-4;1-4-6(5-2)7-3;1-3-4-2/h1,5-10,15-16H2,2-4H3;4-5,7H2,1-3H3;3H,4H2,1-2H3. The van der Waals surface area contributed by atoms with Crippen LogP contribution in [0, 0.1) is 0 Å². The summed E-state index contributed by atoms with van der Waals surface area (Å²) in [7, 11) is 2.63. The van der Waals surface area contributed by atoms with Gasteiger partial charge in [0.15, 0.2) is 0 Å². The molecule has 0 bridgehead atoms. The molecule has 27 heavy (non-hydrogen) atoms. The van der Waals surface area contributed by atoms with Gasteiger partial charge in [0, 0.05) is 37.7 Å². The van der Waals surface area contributed by atoms with Gasteiger partial charge in [0.1, 0.15) is 0 Å². The highest BCUT2D eigenvalue weighted by Gasteiger charge is 2.12. The molecule has 0 aliphatic rings. The lowest BCUT2D eigenvalue weighted by Gasteiger charge is -2.22. The van der Waals surface area contributed by atoms with Crippen molar-refractivity contribution in [3.8, 4) is 0 Å². The van der Waals surface area contributed by atoms with Crippen LogP contribution in [0.5, 0.6) is 0 Å². The van der Waals surface area contributed by atoms with Gasteiger partial charge in [-0.05, 0) is 39.9 Å². The quantitative estimate of drug-likeness (QED) is 0.261. The number of amides is 1. The summed E-state index contributed by atoms with van der Waals surface area (Å²) in [6.45, 7) is 23.6. The van der Waals surface area contributed by atoms with E-state index in [4.69, 9.17) is 0 Å². The molecule has 0 unspecified atom stereocenters. The van der Waals surface area contributed by atoms with E-state index >= 15 is 0 Å². The molecule has 4 nitrogen and oxygen atoms in total. The minimum Gasteiger partial charge on any atom is -0.345 e. The minimum absolute atomic E-state index is 0.150. The van der Waals surface area contributed by atoms with E-state index < -0.39 is 0 Å². The van der Waals surface area contributed by atoms with Gasteiger partial charge >= 0.3 is 0 Å². The minimum atomic E-state index is 0.150. The van der Waals surface area contributed by atoms with Crippen molar-refractivity contribution >= 4 is 44.3 Å². The second-order valence-electron chi connectivity index (χ2n) is 6.81. The van der Waals surface area contributed by atoms with Crippen LogP contribution < -0.4 is 4.98 Å². The third-order valence-corrected chi connectivity index (χ3v) is 9.32. The van der Waals surface area contributed by atoms with Crippen molar-refractivity contribution < 1.29 is 4.79 Å². The van der Waals surface area contributed by atoms with Gasteiger partial charge in [-0.25, -0.2) is 0 Å². The molecule has 0 atom stereocenters. The first-order chi connectivity index (χ1) is 12.9. The Balaban J connectivity index is -0.000000431. The highest BCUT2D eigenvalue weighted by atomic mass is 28.2. The Hall–Kier alpha value is -0.00247. The number of carbonyl (C=O) groups excluding carboxylic acids is 1. The van der Waals surface area contributed by atoms with Crippen LogP contribution in [-0.4, -0.2) is 87.0 Å². The third-order valence-electron chi connectivity index (χ3n) is 4.41. The smallest absolute Gasteiger partial charge is 0.248 e. The SMILES string of the molecule is C=C(C)C(=O)N(CCC[SiH2]C)CCC[SiH2]C.CCN(CC)[SiH2]C.CN[SiH2]C. The topological polar surface area (TPSA) is 35.6 Å². The van der Waals surface area contributed by atoms with E-state index in [0.717, 1.165) is 13.1 Å². The van der Waals surface area contributed by atoms with Gasteiger partial charge < -0.3 is 14.4 Å². The first-order valence-electron chi connectivity index (χ1n) is 11.2. The van der Waals surface area contributed by atoms with Crippen LogP contribution in [0.3, 0.4) is 0 Å². The van der Waals surface area contributed by atoms with Crippen molar-refractivity contribution in [2.24, 2.45) is 0 Å². The lowest BCUT2D eigenvalue weighted by atomic mass is 10.2. The largest absolute Gasteiger partial charge is 0.345 e. The molecule has 1 amide bonds. The molecular weight excluding hydrogens is 399 g/mol. The van der Waals surface area contributed by atoms with Crippen molar-refractivity contribution in [1.82, 2.24) is 14.4 Å². The van der Waals surface area contributed by atoms with Crippen LogP contribution in [0.15, 0.2) is 12.2 Å². The molecule has 1 N–H and O–H groups in total. The summed E-state index contributed by atoms with van der Waals surface area (Å²) in [6, 6.07) is 2.70. The molecule has 0 aliphatic heterocycles. The molecule has 0 fully saturated rings. The molecule has 0 rings (SSSR count). The lowest BCUT2D eigenvalue weighted by Crippen LogP contribution is -2.33. The fraction of sp³-hybridized carbons (Fsp3) is 0.842. The molecule has 0 aromatic rings. The molecule has 0 radical (unpaired) electrons. The molecule has 0 aliphatic carbocycles. The molecule has 0 aromatic heterocycles. The summed E-state index contributed by atoms with van der Waals surface area (Å²) in [4.78, 5) is 17.0. The average molecular weight is 450 g/mol. The maximum atomic E-state index is 11.9. The van der Waals surface area contributed by atoms with Gasteiger partial charge in [-0.3, -0.25) is 4.79 Å². The number of hydrogen-bond acceptors (Lipinski definition) is 3. The van der Waals surface area contributed by atoms with Gasteiger partial charge in [0.05, 0.1) is 19.4 Å². The van der Waals surface area contributed by atoms with Crippen LogP contribution in [0.25, 0.3) is 0 Å². The number of rotatable bonds is 13. The van der Waals surface area contributed by atoms with Gasteiger partial charge in [0.2, 0.25) is 5.91 Å². The Morgan fingerprint density at radius 1 is 0.963 bits per heavy atom. The molecule has 0 saturated heterocycles. The molecular formula is C19H51N3OSi4. The van der Waals surface area contributed by atoms with Crippen LogP contribution in [-0.2, 0) is 4.79 Å². The fourth-order valence-electron chi connectivity index (χ4n) is 2.36. The zero-order valence-electron chi connectivity index (χ0n) is 20.0. The number of nitrogens with one attached hydrogen (secondary N) is 1. The Morgan fingerprint density at radius 2 is 1.37 bits per heavy atom. The highest BCUT2D eigenvalue weighted by Crippen LogP contribution is 2.05. The Bertz CT molecular complexity index is 313. The normalized spacial score (nSPS) is 11.6. The van der Waals surface area contributed by atoms with E-state index in [2.05, 4.69) is 56.2 Å². The predicted molar refractivity (Wildman–Crippen MR) is 140 cm³/mol. The first-order valence-corrected chi connectivity index (χ1v) is 20.2. The molecule has 0 heterocycles. The van der Waals surface area contributed by atoms with Gasteiger partial charge in [-0.2, -0.15) is 0 Å². The van der Waals surface area contributed by atoms with E-state index in [-0.39, 0.29) is 44.3 Å². The van der Waals surface area contributed by atoms with Crippen LogP contribution in [0.2, 0.25) is 38.3 Å². The first kappa shape index (κ1) is 31.7. The van der Waals surface area contributed by atoms with Gasteiger partial charge in [0.25, 0.3) is 0 Å². The Labute approximate surface area is 180 Å². The maximum Gasteiger partial charge on any atom is 0.248 e. The number of carbonyl (C=O) groups is 1. The summed E-state index contributed by atoms with van der Waals surface area (Å²) in [5.41, 5.74) is 0.683. The summed E-state index contributed by atoms with van der Waals surface area (Å²) < 4.78 is 2.51. The monoisotopic (exact) mass is 449 g/mol. The Kier molecular flexibility index (Phi) is 30.5. The zero-order valence-corrected chi connectivity index (χ0v) is 25.7. The fourth-order valence-corrected chi connectivity index (χ4v) is 4.70. The van der Waals surface area contributed by atoms with E-state index in [1.165, 1.54) is 38.0 Å². The van der Waals surface area contributed by atoms with E-state index in [1.54, 1.807) is 0 Å². The summed E-state index contributed by atoms with van der Waals surface area (Å²) in [5.74, 6) is 0.163. The third kappa shape index (κ3) is 24.0.